The van der Waals surface area contributed by atoms with Crippen molar-refractivity contribution in [1.29, 1.82) is 0 Å². The van der Waals surface area contributed by atoms with Gasteiger partial charge in [-0.25, -0.2) is 4.39 Å². The van der Waals surface area contributed by atoms with E-state index in [9.17, 15) is 4.39 Å². The van der Waals surface area contributed by atoms with E-state index in [1.165, 1.54) is 19.3 Å². The van der Waals surface area contributed by atoms with Crippen LogP contribution in [0.2, 0.25) is 5.02 Å². The van der Waals surface area contributed by atoms with Gasteiger partial charge in [0.25, 0.3) is 0 Å². The molecule has 2 nitrogen and oxygen atoms in total. The Morgan fingerprint density at radius 2 is 2.00 bits per heavy atom. The van der Waals surface area contributed by atoms with Gasteiger partial charge in [0.15, 0.2) is 0 Å². The van der Waals surface area contributed by atoms with Crippen molar-refractivity contribution in [2.75, 3.05) is 0 Å². The fraction of sp³-hybridized carbons (Fsp3) is 0.571. The molecule has 1 atom stereocenters. The van der Waals surface area contributed by atoms with Gasteiger partial charge >= 0.3 is 0 Å². The quantitative estimate of drug-likeness (QED) is 0.296. The van der Waals surface area contributed by atoms with Gasteiger partial charge in [-0.3, -0.25) is 11.3 Å². The Morgan fingerprint density at radius 1 is 1.32 bits per heavy atom. The Bertz CT molecular complexity index is 401. The second-order valence-corrected chi connectivity index (χ2v) is 5.92. The molecule has 0 spiro atoms. The third-order valence-electron chi connectivity index (χ3n) is 3.24. The monoisotopic (exact) mass is 350 g/mol. The van der Waals surface area contributed by atoms with E-state index in [0.717, 1.165) is 19.3 Å². The Morgan fingerprint density at radius 3 is 2.63 bits per heavy atom. The Labute approximate surface area is 128 Å². The summed E-state index contributed by atoms with van der Waals surface area (Å²) < 4.78 is 14.6. The molecule has 108 valence electrons. The molecular formula is C14H21BrClFN2. The van der Waals surface area contributed by atoms with Crippen LogP contribution in [0, 0.1) is 5.82 Å². The smallest absolute Gasteiger partial charge is 0.147 e. The van der Waals surface area contributed by atoms with Crippen LogP contribution >= 0.6 is 27.5 Å². The van der Waals surface area contributed by atoms with Gasteiger partial charge in [-0.1, -0.05) is 56.7 Å². The lowest BCUT2D eigenvalue weighted by atomic mass is 10.00. The number of rotatable bonds is 8. The number of hydrogen-bond donors (Lipinski definition) is 2. The first-order valence-corrected chi connectivity index (χ1v) is 7.88. The average Bonchev–Trinajstić information content (AvgIpc) is 2.41. The first-order chi connectivity index (χ1) is 9.11. The topological polar surface area (TPSA) is 38.0 Å². The summed E-state index contributed by atoms with van der Waals surface area (Å²) >= 11 is 9.10. The van der Waals surface area contributed by atoms with Gasteiger partial charge in [0.1, 0.15) is 5.82 Å². The molecule has 0 amide bonds. The molecule has 0 saturated heterocycles. The van der Waals surface area contributed by atoms with Crippen molar-refractivity contribution in [2.24, 2.45) is 5.84 Å². The molecule has 1 aromatic rings. The molecule has 0 aliphatic heterocycles. The summed E-state index contributed by atoms with van der Waals surface area (Å²) in [6, 6.07) is 3.29. The maximum atomic E-state index is 14.1. The van der Waals surface area contributed by atoms with Crippen LogP contribution in [0.25, 0.3) is 0 Å². The molecule has 1 unspecified atom stereocenters. The van der Waals surface area contributed by atoms with Gasteiger partial charge in [0.05, 0.1) is 5.02 Å². The van der Waals surface area contributed by atoms with Gasteiger partial charge in [-0.15, -0.1) is 0 Å². The molecule has 0 aliphatic carbocycles. The fourth-order valence-electron chi connectivity index (χ4n) is 2.09. The molecule has 0 fully saturated rings. The number of halogens is 3. The lowest BCUT2D eigenvalue weighted by Gasteiger charge is -2.18. The standard InChI is InChI=1S/C14H21BrClFN2/c1-2-3-4-5-6-7-12(19-18)10-8-9-11(15)13(16)14(10)17/h8-9,12,19H,2-7,18H2,1H3. The minimum absolute atomic E-state index is 0.115. The van der Waals surface area contributed by atoms with Crippen molar-refractivity contribution < 1.29 is 4.39 Å². The number of nitrogens with one attached hydrogen (secondary N) is 1. The summed E-state index contributed by atoms with van der Waals surface area (Å²) in [5.74, 6) is 5.14. The summed E-state index contributed by atoms with van der Waals surface area (Å²) in [5.41, 5.74) is 3.22. The van der Waals surface area contributed by atoms with E-state index < -0.39 is 5.82 Å². The molecule has 3 N–H and O–H groups in total. The second kappa shape index (κ2) is 8.90. The predicted octanol–water partition coefficient (Wildman–Crippen LogP) is 5.11. The van der Waals surface area contributed by atoms with Crippen LogP contribution in [0.3, 0.4) is 0 Å². The van der Waals surface area contributed by atoms with Crippen LogP contribution in [0.1, 0.15) is 57.1 Å². The maximum absolute atomic E-state index is 14.1. The van der Waals surface area contributed by atoms with E-state index in [0.29, 0.717) is 10.0 Å². The van der Waals surface area contributed by atoms with Crippen LogP contribution in [0.4, 0.5) is 4.39 Å². The molecule has 0 aromatic heterocycles. The van der Waals surface area contributed by atoms with E-state index >= 15 is 0 Å². The molecule has 0 bridgehead atoms. The first kappa shape index (κ1) is 16.9. The molecule has 1 rings (SSSR count). The SMILES string of the molecule is CCCCCCCC(NN)c1ccc(Br)c(Cl)c1F. The largest absolute Gasteiger partial charge is 0.271 e. The Kier molecular flexibility index (Phi) is 7.91. The summed E-state index contributed by atoms with van der Waals surface area (Å²) in [4.78, 5) is 0. The lowest BCUT2D eigenvalue weighted by Crippen LogP contribution is -2.28. The van der Waals surface area contributed by atoms with E-state index in [4.69, 9.17) is 17.4 Å². The third-order valence-corrected chi connectivity index (χ3v) is 4.50. The first-order valence-electron chi connectivity index (χ1n) is 6.71. The van der Waals surface area contributed by atoms with Crippen molar-refractivity contribution >= 4 is 27.5 Å². The molecule has 0 radical (unpaired) electrons. The number of hydrazine groups is 1. The van der Waals surface area contributed by atoms with Crippen LogP contribution in [0.5, 0.6) is 0 Å². The molecule has 0 aliphatic rings. The van der Waals surface area contributed by atoms with E-state index in [-0.39, 0.29) is 11.1 Å². The molecule has 0 heterocycles. The molecule has 19 heavy (non-hydrogen) atoms. The van der Waals surface area contributed by atoms with E-state index in [2.05, 4.69) is 28.3 Å². The average molecular weight is 352 g/mol. The molecule has 5 heteroatoms. The summed E-state index contributed by atoms with van der Waals surface area (Å²) in [7, 11) is 0. The zero-order valence-corrected chi connectivity index (χ0v) is 13.5. The Balaban J connectivity index is 2.62. The van der Waals surface area contributed by atoms with Gasteiger partial charge < -0.3 is 0 Å². The highest BCUT2D eigenvalue weighted by Crippen LogP contribution is 2.31. The summed E-state index contributed by atoms with van der Waals surface area (Å²) in [5, 5.41) is 0.115. The number of unbranched alkanes of at least 4 members (excludes halogenated alkanes) is 4. The highest BCUT2D eigenvalue weighted by atomic mass is 79.9. The minimum atomic E-state index is -0.396. The van der Waals surface area contributed by atoms with Crippen molar-refractivity contribution in [1.82, 2.24) is 5.43 Å². The minimum Gasteiger partial charge on any atom is -0.271 e. The van der Waals surface area contributed by atoms with Gasteiger partial charge in [-0.2, -0.15) is 0 Å². The zero-order chi connectivity index (χ0) is 14.3. The van der Waals surface area contributed by atoms with Crippen LogP contribution < -0.4 is 11.3 Å². The number of hydrogen-bond acceptors (Lipinski definition) is 2. The molecule has 1 aromatic carbocycles. The number of nitrogens with two attached hydrogens (primary N) is 1. The second-order valence-electron chi connectivity index (χ2n) is 4.69. The fourth-order valence-corrected chi connectivity index (χ4v) is 2.57. The van der Waals surface area contributed by atoms with E-state index in [1.54, 1.807) is 12.1 Å². The Hall–Kier alpha value is -0.160. The lowest BCUT2D eigenvalue weighted by molar-refractivity contribution is 0.458. The van der Waals surface area contributed by atoms with Crippen molar-refractivity contribution in [3.63, 3.8) is 0 Å². The zero-order valence-electron chi connectivity index (χ0n) is 11.2. The normalized spacial score (nSPS) is 12.7. The number of benzene rings is 1. The predicted molar refractivity (Wildman–Crippen MR) is 82.6 cm³/mol. The van der Waals surface area contributed by atoms with E-state index in [1.807, 2.05) is 0 Å². The van der Waals surface area contributed by atoms with Gasteiger partial charge in [-0.05, 0) is 28.4 Å². The van der Waals surface area contributed by atoms with Crippen LogP contribution in [-0.2, 0) is 0 Å². The summed E-state index contributed by atoms with van der Waals surface area (Å²) in [6.07, 6.45) is 6.68. The van der Waals surface area contributed by atoms with Crippen molar-refractivity contribution in [2.45, 2.75) is 51.5 Å². The van der Waals surface area contributed by atoms with Crippen LogP contribution in [-0.4, -0.2) is 0 Å². The van der Waals surface area contributed by atoms with Crippen molar-refractivity contribution in [3.05, 3.63) is 33.0 Å². The maximum Gasteiger partial charge on any atom is 0.147 e. The third kappa shape index (κ3) is 5.03. The van der Waals surface area contributed by atoms with Gasteiger partial charge in [0, 0.05) is 16.1 Å². The molecular weight excluding hydrogens is 331 g/mol. The highest BCUT2D eigenvalue weighted by Gasteiger charge is 2.17. The highest BCUT2D eigenvalue weighted by molar-refractivity contribution is 9.10. The van der Waals surface area contributed by atoms with Crippen molar-refractivity contribution in [3.8, 4) is 0 Å². The van der Waals surface area contributed by atoms with Gasteiger partial charge in [0.2, 0.25) is 0 Å². The molecule has 0 saturated carbocycles. The summed E-state index contributed by atoms with van der Waals surface area (Å²) in [6.45, 7) is 2.18. The van der Waals surface area contributed by atoms with Crippen LogP contribution in [0.15, 0.2) is 16.6 Å².